The normalized spacial score (nSPS) is 18.5. The Labute approximate surface area is 160 Å². The maximum absolute atomic E-state index is 12.5. The summed E-state index contributed by atoms with van der Waals surface area (Å²) in [7, 11) is 1.66. The van der Waals surface area contributed by atoms with Crippen molar-refractivity contribution >= 4 is 45.0 Å². The van der Waals surface area contributed by atoms with E-state index >= 15 is 0 Å². The molecule has 1 N–H and O–H groups in total. The number of halogens is 2. The smallest absolute Gasteiger partial charge is 0.244 e. The molecule has 2 atom stereocenters. The highest BCUT2D eigenvalue weighted by atomic mass is 79.9. The van der Waals surface area contributed by atoms with Crippen LogP contribution in [0.3, 0.4) is 0 Å². The van der Waals surface area contributed by atoms with Gasteiger partial charge in [-0.3, -0.25) is 9.59 Å². The third kappa shape index (κ3) is 4.22. The van der Waals surface area contributed by atoms with E-state index < -0.39 is 0 Å². The molecule has 130 valence electrons. The largest absolute Gasteiger partial charge is 0.336 e. The second kappa shape index (κ2) is 7.58. The molecule has 0 radical (unpaired) electrons. The van der Waals surface area contributed by atoms with Crippen molar-refractivity contribution in [3.05, 3.63) is 63.6 Å². The van der Waals surface area contributed by atoms with E-state index in [-0.39, 0.29) is 30.2 Å². The number of nitrogens with one attached hydrogen (secondary N) is 1. The first-order valence-corrected chi connectivity index (χ1v) is 9.18. The molecule has 1 fully saturated rings. The molecule has 1 aliphatic rings. The fourth-order valence-corrected chi connectivity index (χ4v) is 3.58. The van der Waals surface area contributed by atoms with Crippen LogP contribution in [-0.4, -0.2) is 30.3 Å². The van der Waals surface area contributed by atoms with Gasteiger partial charge in [0.25, 0.3) is 0 Å². The van der Waals surface area contributed by atoms with Gasteiger partial charge in [0.05, 0.1) is 12.2 Å². The van der Waals surface area contributed by atoms with Crippen molar-refractivity contribution < 1.29 is 9.59 Å². The zero-order valence-electron chi connectivity index (χ0n) is 13.7. The van der Waals surface area contributed by atoms with Crippen molar-refractivity contribution in [3.8, 4) is 0 Å². The number of carbonyl (C=O) groups is 2. The van der Waals surface area contributed by atoms with E-state index in [1.807, 2.05) is 42.5 Å². The summed E-state index contributed by atoms with van der Waals surface area (Å²) in [5.41, 5.74) is 1.70. The second-order valence-electron chi connectivity index (χ2n) is 6.19. The predicted octanol–water partition coefficient (Wildman–Crippen LogP) is 4.30. The average molecular weight is 422 g/mol. The molecule has 0 heterocycles. The quantitative estimate of drug-likeness (QED) is 0.782. The Morgan fingerprint density at radius 1 is 1.20 bits per heavy atom. The van der Waals surface area contributed by atoms with Crippen LogP contribution in [0.2, 0.25) is 5.02 Å². The van der Waals surface area contributed by atoms with E-state index in [2.05, 4.69) is 21.2 Å². The third-order valence-electron chi connectivity index (χ3n) is 4.32. The molecular weight excluding hydrogens is 404 g/mol. The summed E-state index contributed by atoms with van der Waals surface area (Å²) in [6.07, 6.45) is 0.777. The van der Waals surface area contributed by atoms with Gasteiger partial charge in [-0.25, -0.2) is 0 Å². The molecule has 0 spiro atoms. The molecular formula is C19H18BrClN2O2. The minimum atomic E-state index is -0.224. The van der Waals surface area contributed by atoms with Gasteiger partial charge in [0.1, 0.15) is 0 Å². The van der Waals surface area contributed by atoms with Crippen molar-refractivity contribution in [3.63, 3.8) is 0 Å². The monoisotopic (exact) mass is 420 g/mol. The lowest BCUT2D eigenvalue weighted by Gasteiger charge is -2.17. The minimum absolute atomic E-state index is 0.0198. The summed E-state index contributed by atoms with van der Waals surface area (Å²) in [5, 5.41) is 3.50. The van der Waals surface area contributed by atoms with E-state index in [1.165, 1.54) is 4.90 Å². The van der Waals surface area contributed by atoms with E-state index in [1.54, 1.807) is 13.1 Å². The van der Waals surface area contributed by atoms with Gasteiger partial charge in [-0.1, -0.05) is 41.9 Å². The zero-order valence-corrected chi connectivity index (χ0v) is 16.0. The lowest BCUT2D eigenvalue weighted by molar-refractivity contribution is -0.134. The highest BCUT2D eigenvalue weighted by Crippen LogP contribution is 2.50. The SMILES string of the molecule is CN(CC(=O)Nc1ccccc1Br)C(=O)C1CC1c1ccccc1Cl. The first-order chi connectivity index (χ1) is 12.0. The maximum atomic E-state index is 12.5. The topological polar surface area (TPSA) is 49.4 Å². The van der Waals surface area contributed by atoms with E-state index in [0.717, 1.165) is 16.5 Å². The predicted molar refractivity (Wildman–Crippen MR) is 103 cm³/mol. The highest BCUT2D eigenvalue weighted by Gasteiger charge is 2.46. The number of carbonyl (C=O) groups excluding carboxylic acids is 2. The fourth-order valence-electron chi connectivity index (χ4n) is 2.92. The van der Waals surface area contributed by atoms with E-state index in [4.69, 9.17) is 11.6 Å². The summed E-state index contributed by atoms with van der Waals surface area (Å²) >= 11 is 9.59. The number of para-hydroxylation sites is 1. The summed E-state index contributed by atoms with van der Waals surface area (Å²) in [4.78, 5) is 26.2. The third-order valence-corrected chi connectivity index (χ3v) is 5.35. The van der Waals surface area contributed by atoms with Gasteiger partial charge in [-0.15, -0.1) is 0 Å². The van der Waals surface area contributed by atoms with E-state index in [0.29, 0.717) is 10.7 Å². The number of likely N-dealkylation sites (N-methyl/N-ethyl adjacent to an activating group) is 1. The number of amides is 2. The van der Waals surface area contributed by atoms with Crippen LogP contribution in [0.25, 0.3) is 0 Å². The summed E-state index contributed by atoms with van der Waals surface area (Å²) < 4.78 is 0.804. The summed E-state index contributed by atoms with van der Waals surface area (Å²) in [5.74, 6) is -0.193. The molecule has 2 unspecified atom stereocenters. The van der Waals surface area contributed by atoms with Crippen LogP contribution >= 0.6 is 27.5 Å². The number of hydrogen-bond donors (Lipinski definition) is 1. The summed E-state index contributed by atoms with van der Waals surface area (Å²) in [6.45, 7) is 0.0198. The standard InChI is InChI=1S/C19H18BrClN2O2/c1-23(11-18(24)22-17-9-5-3-7-15(17)20)19(25)14-10-13(14)12-6-2-4-8-16(12)21/h2-9,13-14H,10-11H2,1H3,(H,22,24). The molecule has 25 heavy (non-hydrogen) atoms. The average Bonchev–Trinajstić information content (AvgIpc) is 3.37. The van der Waals surface area contributed by atoms with Crippen molar-refractivity contribution in [1.29, 1.82) is 0 Å². The number of benzene rings is 2. The number of nitrogens with zero attached hydrogens (tertiary/aromatic N) is 1. The van der Waals surface area contributed by atoms with E-state index in [9.17, 15) is 9.59 Å². The molecule has 0 aliphatic heterocycles. The van der Waals surface area contributed by atoms with Gasteiger partial charge in [0.15, 0.2) is 0 Å². The van der Waals surface area contributed by atoms with Crippen LogP contribution < -0.4 is 5.32 Å². The van der Waals surface area contributed by atoms with Crippen molar-refractivity contribution in [1.82, 2.24) is 4.90 Å². The Balaban J connectivity index is 1.56. The van der Waals surface area contributed by atoms with Crippen LogP contribution in [0.15, 0.2) is 53.0 Å². The summed E-state index contributed by atoms with van der Waals surface area (Å²) in [6, 6.07) is 15.0. The van der Waals surface area contributed by atoms with Crippen LogP contribution in [-0.2, 0) is 9.59 Å². The van der Waals surface area contributed by atoms with Crippen LogP contribution in [0, 0.1) is 5.92 Å². The molecule has 0 aromatic heterocycles. The molecule has 2 amide bonds. The molecule has 0 saturated heterocycles. The first-order valence-electron chi connectivity index (χ1n) is 8.01. The highest BCUT2D eigenvalue weighted by molar-refractivity contribution is 9.10. The lowest BCUT2D eigenvalue weighted by atomic mass is 10.1. The number of anilines is 1. The maximum Gasteiger partial charge on any atom is 0.244 e. The molecule has 6 heteroatoms. The molecule has 1 saturated carbocycles. The second-order valence-corrected chi connectivity index (χ2v) is 7.45. The molecule has 0 bridgehead atoms. The van der Waals surface area contributed by atoms with Crippen LogP contribution in [0.5, 0.6) is 0 Å². The van der Waals surface area contributed by atoms with Crippen molar-refractivity contribution in [2.45, 2.75) is 12.3 Å². The molecule has 2 aromatic carbocycles. The fraction of sp³-hybridized carbons (Fsp3) is 0.263. The first kappa shape index (κ1) is 18.0. The van der Waals surface area contributed by atoms with Crippen LogP contribution in [0.1, 0.15) is 17.9 Å². The Hall–Kier alpha value is -1.85. The van der Waals surface area contributed by atoms with Crippen molar-refractivity contribution in [2.75, 3.05) is 18.9 Å². The number of hydrogen-bond acceptors (Lipinski definition) is 2. The number of rotatable bonds is 5. The lowest BCUT2D eigenvalue weighted by Crippen LogP contribution is -2.36. The Kier molecular flexibility index (Phi) is 5.45. The zero-order chi connectivity index (χ0) is 18.0. The molecule has 1 aliphatic carbocycles. The molecule has 4 nitrogen and oxygen atoms in total. The van der Waals surface area contributed by atoms with Gasteiger partial charge >= 0.3 is 0 Å². The molecule has 3 rings (SSSR count). The van der Waals surface area contributed by atoms with Gasteiger partial charge in [0.2, 0.25) is 11.8 Å². The van der Waals surface area contributed by atoms with Crippen LogP contribution in [0.4, 0.5) is 5.69 Å². The van der Waals surface area contributed by atoms with Gasteiger partial charge in [-0.05, 0) is 52.0 Å². The Bertz CT molecular complexity index is 812. The molecule has 2 aromatic rings. The Morgan fingerprint density at radius 2 is 1.88 bits per heavy atom. The van der Waals surface area contributed by atoms with Crippen molar-refractivity contribution in [2.24, 2.45) is 5.92 Å². The minimum Gasteiger partial charge on any atom is -0.336 e. The Morgan fingerprint density at radius 3 is 2.60 bits per heavy atom. The van der Waals surface area contributed by atoms with Gasteiger partial charge in [-0.2, -0.15) is 0 Å². The van der Waals surface area contributed by atoms with Gasteiger partial charge in [0, 0.05) is 22.5 Å². The van der Waals surface area contributed by atoms with Gasteiger partial charge < -0.3 is 10.2 Å².